The Morgan fingerprint density at radius 1 is 1.10 bits per heavy atom. The normalized spacial score (nSPS) is 10.8. The highest BCUT2D eigenvalue weighted by atomic mass is 19.3. The number of rotatable bonds is 10. The molecule has 0 radical (unpaired) electrons. The zero-order chi connectivity index (χ0) is 21.3. The van der Waals surface area contributed by atoms with E-state index in [1.165, 1.54) is 13.2 Å². The molecular formula is C22H23F2N3O3. The van der Waals surface area contributed by atoms with Gasteiger partial charge in [0.15, 0.2) is 11.5 Å². The highest BCUT2D eigenvalue weighted by Gasteiger charge is 2.11. The maximum absolute atomic E-state index is 12.4. The van der Waals surface area contributed by atoms with E-state index >= 15 is 0 Å². The molecule has 30 heavy (non-hydrogen) atoms. The molecule has 0 aliphatic rings. The molecule has 0 aliphatic heterocycles. The molecule has 0 spiro atoms. The summed E-state index contributed by atoms with van der Waals surface area (Å²) in [6, 6.07) is 14.5. The Morgan fingerprint density at radius 2 is 1.90 bits per heavy atom. The number of para-hydroxylation sites is 1. The summed E-state index contributed by atoms with van der Waals surface area (Å²) in [4.78, 5) is 12.1. The van der Waals surface area contributed by atoms with Crippen LogP contribution in [0.25, 0.3) is 5.69 Å². The second kappa shape index (κ2) is 10.4. The molecule has 8 heteroatoms. The van der Waals surface area contributed by atoms with E-state index < -0.39 is 6.61 Å². The Balaban J connectivity index is 1.44. The van der Waals surface area contributed by atoms with Crippen molar-refractivity contribution in [2.24, 2.45) is 0 Å². The molecule has 1 heterocycles. The largest absolute Gasteiger partial charge is 0.493 e. The lowest BCUT2D eigenvalue weighted by Crippen LogP contribution is -2.25. The summed E-state index contributed by atoms with van der Waals surface area (Å²) in [5.74, 6) is 0.151. The molecule has 6 nitrogen and oxygen atoms in total. The number of alkyl halides is 2. The number of methoxy groups -OCH3 is 1. The van der Waals surface area contributed by atoms with Crippen LogP contribution in [0, 0.1) is 0 Å². The molecule has 1 aromatic heterocycles. The van der Waals surface area contributed by atoms with Crippen LogP contribution >= 0.6 is 0 Å². The van der Waals surface area contributed by atoms with Crippen LogP contribution in [0.15, 0.2) is 60.9 Å². The van der Waals surface area contributed by atoms with Crippen LogP contribution in [0.5, 0.6) is 11.5 Å². The van der Waals surface area contributed by atoms with Crippen molar-refractivity contribution in [3.05, 3.63) is 72.1 Å². The van der Waals surface area contributed by atoms with E-state index in [0.717, 1.165) is 16.8 Å². The number of carbonyl (C=O) groups is 1. The van der Waals surface area contributed by atoms with Gasteiger partial charge in [-0.15, -0.1) is 0 Å². The molecular weight excluding hydrogens is 392 g/mol. The highest BCUT2D eigenvalue weighted by molar-refractivity contribution is 5.76. The number of nitrogens with one attached hydrogen (secondary N) is 1. The standard InChI is InChI=1S/C22H23F2N3O3/c1-29-20-13-16(7-9-19(20)30-22(23)24)11-12-25-21(28)10-8-17-14-26-27(15-17)18-5-3-2-4-6-18/h2-7,9,13-15,22H,8,10-12H2,1H3,(H,25,28). The van der Waals surface area contributed by atoms with Crippen molar-refractivity contribution in [3.8, 4) is 17.2 Å². The number of hydrogen-bond acceptors (Lipinski definition) is 4. The van der Waals surface area contributed by atoms with E-state index in [9.17, 15) is 13.6 Å². The summed E-state index contributed by atoms with van der Waals surface area (Å²) in [6.07, 6.45) is 5.16. The first-order chi connectivity index (χ1) is 14.5. The lowest BCUT2D eigenvalue weighted by atomic mass is 10.1. The first kappa shape index (κ1) is 21.3. The second-order valence-electron chi connectivity index (χ2n) is 6.59. The predicted octanol–water partition coefficient (Wildman–Crippen LogP) is 3.77. The maximum atomic E-state index is 12.4. The van der Waals surface area contributed by atoms with Gasteiger partial charge in [-0.1, -0.05) is 24.3 Å². The highest BCUT2D eigenvalue weighted by Crippen LogP contribution is 2.29. The summed E-state index contributed by atoms with van der Waals surface area (Å²) in [7, 11) is 1.39. The molecule has 3 aromatic rings. The van der Waals surface area contributed by atoms with Gasteiger partial charge in [0, 0.05) is 19.2 Å². The zero-order valence-electron chi connectivity index (χ0n) is 16.6. The fraction of sp³-hybridized carbons (Fsp3) is 0.273. The topological polar surface area (TPSA) is 65.4 Å². The molecule has 0 saturated heterocycles. The van der Waals surface area contributed by atoms with Gasteiger partial charge in [0.2, 0.25) is 5.91 Å². The Labute approximate surface area is 173 Å². The Bertz CT molecular complexity index is 961. The number of aryl methyl sites for hydroxylation is 1. The minimum atomic E-state index is -2.91. The first-order valence-electron chi connectivity index (χ1n) is 9.52. The van der Waals surface area contributed by atoms with Crippen LogP contribution in [0.1, 0.15) is 17.5 Å². The summed E-state index contributed by atoms with van der Waals surface area (Å²) in [5, 5.41) is 7.19. The van der Waals surface area contributed by atoms with Crippen molar-refractivity contribution < 1.29 is 23.0 Å². The summed E-state index contributed by atoms with van der Waals surface area (Å²) >= 11 is 0. The van der Waals surface area contributed by atoms with Gasteiger partial charge < -0.3 is 14.8 Å². The van der Waals surface area contributed by atoms with Crippen LogP contribution in [-0.4, -0.2) is 36.0 Å². The number of halogens is 2. The van der Waals surface area contributed by atoms with Gasteiger partial charge in [-0.3, -0.25) is 4.79 Å². The van der Waals surface area contributed by atoms with Gasteiger partial charge in [0.05, 0.1) is 19.0 Å². The number of amides is 1. The molecule has 2 aromatic carbocycles. The van der Waals surface area contributed by atoms with Crippen molar-refractivity contribution in [1.29, 1.82) is 0 Å². The SMILES string of the molecule is COc1cc(CCNC(=O)CCc2cnn(-c3ccccc3)c2)ccc1OC(F)F. The average molecular weight is 415 g/mol. The van der Waals surface area contributed by atoms with Crippen LogP contribution in [0.3, 0.4) is 0 Å². The fourth-order valence-electron chi connectivity index (χ4n) is 2.96. The summed E-state index contributed by atoms with van der Waals surface area (Å²) in [5.41, 5.74) is 2.79. The van der Waals surface area contributed by atoms with Gasteiger partial charge >= 0.3 is 6.61 Å². The average Bonchev–Trinajstić information content (AvgIpc) is 3.22. The Kier molecular flexibility index (Phi) is 7.37. The fourth-order valence-corrected chi connectivity index (χ4v) is 2.96. The number of carbonyl (C=O) groups excluding carboxylic acids is 1. The minimum absolute atomic E-state index is 0.0173. The third-order valence-corrected chi connectivity index (χ3v) is 4.48. The third-order valence-electron chi connectivity index (χ3n) is 4.48. The summed E-state index contributed by atoms with van der Waals surface area (Å²) in [6.45, 7) is -2.48. The van der Waals surface area contributed by atoms with Crippen LogP contribution < -0.4 is 14.8 Å². The van der Waals surface area contributed by atoms with E-state index in [0.29, 0.717) is 25.8 Å². The molecule has 0 atom stereocenters. The second-order valence-corrected chi connectivity index (χ2v) is 6.59. The predicted molar refractivity (Wildman–Crippen MR) is 108 cm³/mol. The maximum Gasteiger partial charge on any atom is 0.387 e. The zero-order valence-corrected chi connectivity index (χ0v) is 16.6. The van der Waals surface area contributed by atoms with Crippen LogP contribution in [0.2, 0.25) is 0 Å². The molecule has 158 valence electrons. The number of ether oxygens (including phenoxy) is 2. The molecule has 1 N–H and O–H groups in total. The van der Waals surface area contributed by atoms with E-state index in [1.807, 2.05) is 36.5 Å². The lowest BCUT2D eigenvalue weighted by Gasteiger charge is -2.11. The van der Waals surface area contributed by atoms with Crippen molar-refractivity contribution in [2.75, 3.05) is 13.7 Å². The molecule has 0 fully saturated rings. The van der Waals surface area contributed by atoms with Crippen molar-refractivity contribution in [3.63, 3.8) is 0 Å². The Hall–Kier alpha value is -3.42. The van der Waals surface area contributed by atoms with Crippen LogP contribution in [-0.2, 0) is 17.6 Å². The minimum Gasteiger partial charge on any atom is -0.493 e. The van der Waals surface area contributed by atoms with Crippen molar-refractivity contribution in [2.45, 2.75) is 25.9 Å². The van der Waals surface area contributed by atoms with E-state index in [-0.39, 0.29) is 17.4 Å². The number of hydrogen-bond donors (Lipinski definition) is 1. The molecule has 1 amide bonds. The number of aromatic nitrogens is 2. The van der Waals surface area contributed by atoms with E-state index in [2.05, 4.69) is 15.2 Å². The van der Waals surface area contributed by atoms with Crippen LogP contribution in [0.4, 0.5) is 8.78 Å². The van der Waals surface area contributed by atoms with Gasteiger partial charge in [-0.05, 0) is 48.2 Å². The monoisotopic (exact) mass is 415 g/mol. The quantitative estimate of drug-likeness (QED) is 0.547. The molecule has 3 rings (SSSR count). The molecule has 0 unspecified atom stereocenters. The molecule has 0 saturated carbocycles. The van der Waals surface area contributed by atoms with Crippen molar-refractivity contribution in [1.82, 2.24) is 15.1 Å². The summed E-state index contributed by atoms with van der Waals surface area (Å²) < 4.78 is 36.0. The van der Waals surface area contributed by atoms with Crippen molar-refractivity contribution >= 4 is 5.91 Å². The number of nitrogens with zero attached hydrogens (tertiary/aromatic N) is 2. The van der Waals surface area contributed by atoms with Gasteiger partial charge in [0.1, 0.15) is 0 Å². The lowest BCUT2D eigenvalue weighted by molar-refractivity contribution is -0.121. The van der Waals surface area contributed by atoms with E-state index in [4.69, 9.17) is 4.74 Å². The molecule has 0 aliphatic carbocycles. The third kappa shape index (κ3) is 6.04. The van der Waals surface area contributed by atoms with Gasteiger partial charge in [-0.25, -0.2) is 4.68 Å². The molecule has 0 bridgehead atoms. The van der Waals surface area contributed by atoms with Gasteiger partial charge in [-0.2, -0.15) is 13.9 Å². The smallest absolute Gasteiger partial charge is 0.387 e. The first-order valence-corrected chi connectivity index (χ1v) is 9.52. The van der Waals surface area contributed by atoms with E-state index in [1.54, 1.807) is 23.0 Å². The number of benzene rings is 2. The van der Waals surface area contributed by atoms with Gasteiger partial charge in [0.25, 0.3) is 0 Å². The Morgan fingerprint density at radius 3 is 2.63 bits per heavy atom.